The Balaban J connectivity index is 1.84. The van der Waals surface area contributed by atoms with Crippen molar-refractivity contribution >= 4 is 65.0 Å². The average Bonchev–Trinajstić information content (AvgIpc) is 3.11. The van der Waals surface area contributed by atoms with Crippen molar-refractivity contribution in [2.24, 2.45) is 0 Å². The highest BCUT2D eigenvalue weighted by Crippen LogP contribution is 2.29. The first-order valence-corrected chi connectivity index (χ1v) is 10.7. The lowest BCUT2D eigenvalue weighted by atomic mass is 10.1. The fourth-order valence-electron chi connectivity index (χ4n) is 3.12. The van der Waals surface area contributed by atoms with Crippen LogP contribution in [0.3, 0.4) is 0 Å². The number of nitrogens with zero attached hydrogens (tertiary/aromatic N) is 3. The van der Waals surface area contributed by atoms with Gasteiger partial charge in [0.15, 0.2) is 9.54 Å². The predicted molar refractivity (Wildman–Crippen MR) is 132 cm³/mol. The topological polar surface area (TPSA) is 150 Å². The molecular formula is C21H17ClN6O4S2. The highest BCUT2D eigenvalue weighted by atomic mass is 35.5. The van der Waals surface area contributed by atoms with Crippen LogP contribution in [0.15, 0.2) is 48.5 Å². The molecule has 13 heteroatoms. The minimum absolute atomic E-state index is 0.157. The van der Waals surface area contributed by atoms with Crippen molar-refractivity contribution in [2.75, 3.05) is 23.3 Å². The summed E-state index contributed by atoms with van der Waals surface area (Å²) in [7, 11) is 0. The number of aliphatic hydroxyl groups excluding tert-OH is 1. The van der Waals surface area contributed by atoms with Crippen LogP contribution in [-0.2, 0) is 9.59 Å². The van der Waals surface area contributed by atoms with Gasteiger partial charge in [0.2, 0.25) is 5.91 Å². The number of carbonyl (C=O) groups is 2. The lowest BCUT2D eigenvalue weighted by Crippen LogP contribution is -2.37. The van der Waals surface area contributed by atoms with Gasteiger partial charge in [-0.25, -0.2) is 0 Å². The molecule has 0 saturated carbocycles. The van der Waals surface area contributed by atoms with Gasteiger partial charge in [0.25, 0.3) is 0 Å². The van der Waals surface area contributed by atoms with Crippen molar-refractivity contribution in [2.45, 2.75) is 0 Å². The maximum absolute atomic E-state index is 12.7. The fourth-order valence-corrected chi connectivity index (χ4v) is 3.84. The Morgan fingerprint density at radius 2 is 1.76 bits per heavy atom. The SMILES string of the molecule is N#C/C=C(\O)c1ccc(Cl)cc1N(CC(=O)O)CC(=O)Nc1ccc(-n2c(=S)[nH][nH]c2=S)cc1. The molecule has 174 valence electrons. The van der Waals surface area contributed by atoms with E-state index in [0.29, 0.717) is 20.9 Å². The first kappa shape index (κ1) is 24.7. The van der Waals surface area contributed by atoms with Gasteiger partial charge in [0.05, 0.1) is 30.1 Å². The zero-order chi connectivity index (χ0) is 24.8. The van der Waals surface area contributed by atoms with Gasteiger partial charge in [0.1, 0.15) is 12.3 Å². The van der Waals surface area contributed by atoms with Crippen LogP contribution < -0.4 is 10.2 Å². The van der Waals surface area contributed by atoms with E-state index < -0.39 is 18.4 Å². The van der Waals surface area contributed by atoms with Gasteiger partial charge >= 0.3 is 5.97 Å². The molecule has 0 aliphatic carbocycles. The second-order valence-electron chi connectivity index (χ2n) is 6.86. The molecule has 0 spiro atoms. The van der Waals surface area contributed by atoms with Crippen molar-refractivity contribution in [3.63, 3.8) is 0 Å². The zero-order valence-corrected chi connectivity index (χ0v) is 19.7. The van der Waals surface area contributed by atoms with Crippen LogP contribution in [0.1, 0.15) is 5.56 Å². The summed E-state index contributed by atoms with van der Waals surface area (Å²) >= 11 is 16.4. The molecule has 2 aromatic carbocycles. The van der Waals surface area contributed by atoms with Gasteiger partial charge in [-0.1, -0.05) is 11.6 Å². The van der Waals surface area contributed by atoms with Gasteiger partial charge in [-0.05, 0) is 66.9 Å². The number of aliphatic carboxylic acids is 1. The smallest absolute Gasteiger partial charge is 0.323 e. The summed E-state index contributed by atoms with van der Waals surface area (Å²) in [5.41, 5.74) is 1.48. The number of aliphatic hydroxyl groups is 1. The standard InChI is InChI=1S/C21H17ClN6O4S2/c22-12-1-6-15(17(29)7-8-23)16(9-12)27(11-19(31)32)10-18(30)24-13-2-4-14(5-3-13)28-20(33)25-26-21(28)34/h1-7,9,29H,10-11H2,(H,24,30)(H,25,33)(H,26,34)(H,31,32)/b17-7-. The zero-order valence-electron chi connectivity index (χ0n) is 17.3. The molecule has 34 heavy (non-hydrogen) atoms. The van der Waals surface area contributed by atoms with E-state index in [4.69, 9.17) is 41.3 Å². The molecule has 0 bridgehead atoms. The number of H-pyrrole nitrogens is 2. The first-order valence-electron chi connectivity index (χ1n) is 9.55. The third kappa shape index (κ3) is 5.90. The van der Waals surface area contributed by atoms with E-state index in [1.54, 1.807) is 34.9 Å². The first-order chi connectivity index (χ1) is 16.2. The van der Waals surface area contributed by atoms with Gasteiger partial charge < -0.3 is 20.4 Å². The number of nitrogens with one attached hydrogen (secondary N) is 3. The summed E-state index contributed by atoms with van der Waals surface area (Å²) < 4.78 is 2.38. The number of anilines is 2. The average molecular weight is 517 g/mol. The molecule has 0 radical (unpaired) electrons. The maximum Gasteiger partial charge on any atom is 0.323 e. The molecule has 0 saturated heterocycles. The van der Waals surface area contributed by atoms with Gasteiger partial charge in [0, 0.05) is 16.3 Å². The molecule has 0 fully saturated rings. The van der Waals surface area contributed by atoms with Crippen LogP contribution in [0.2, 0.25) is 5.02 Å². The Kier molecular flexibility index (Phi) is 7.85. The van der Waals surface area contributed by atoms with Gasteiger partial charge in [-0.3, -0.25) is 24.4 Å². The number of hydrogen-bond acceptors (Lipinski definition) is 7. The molecule has 10 nitrogen and oxygen atoms in total. The van der Waals surface area contributed by atoms with Crippen LogP contribution in [0.25, 0.3) is 11.4 Å². The number of hydrogen-bond donors (Lipinski definition) is 5. The fraction of sp³-hybridized carbons (Fsp3) is 0.0952. The van der Waals surface area contributed by atoms with E-state index >= 15 is 0 Å². The van der Waals surface area contributed by atoms with Crippen LogP contribution in [0.4, 0.5) is 11.4 Å². The second kappa shape index (κ2) is 10.8. The summed E-state index contributed by atoms with van der Waals surface area (Å²) in [5, 5.41) is 36.8. The molecule has 1 aromatic heterocycles. The second-order valence-corrected chi connectivity index (χ2v) is 8.07. The number of amides is 1. The van der Waals surface area contributed by atoms with Crippen molar-refractivity contribution < 1.29 is 19.8 Å². The van der Waals surface area contributed by atoms with Crippen molar-refractivity contribution in [3.8, 4) is 11.8 Å². The Hall–Kier alpha value is -3.92. The monoisotopic (exact) mass is 516 g/mol. The largest absolute Gasteiger partial charge is 0.506 e. The number of rotatable bonds is 8. The summed E-state index contributed by atoms with van der Waals surface area (Å²) in [6.07, 6.45) is 0.899. The Morgan fingerprint density at radius 3 is 2.35 bits per heavy atom. The molecule has 0 unspecified atom stereocenters. The molecule has 3 aromatic rings. The third-order valence-corrected chi connectivity index (χ3v) is 5.33. The number of carboxylic acid groups (broad SMARTS) is 1. The van der Waals surface area contributed by atoms with Gasteiger partial charge in [-0.15, -0.1) is 0 Å². The van der Waals surface area contributed by atoms with E-state index in [9.17, 15) is 19.8 Å². The van der Waals surface area contributed by atoms with E-state index in [-0.39, 0.29) is 28.6 Å². The van der Waals surface area contributed by atoms with Crippen LogP contribution in [-0.4, -0.2) is 49.9 Å². The summed E-state index contributed by atoms with van der Waals surface area (Å²) in [6.45, 7) is -0.918. The number of benzene rings is 2. The minimum Gasteiger partial charge on any atom is -0.506 e. The molecule has 0 aliphatic heterocycles. The Morgan fingerprint density at radius 1 is 1.12 bits per heavy atom. The van der Waals surface area contributed by atoms with Crippen molar-refractivity contribution in [1.29, 1.82) is 5.26 Å². The maximum atomic E-state index is 12.7. The Bertz CT molecular complexity index is 1390. The molecule has 1 heterocycles. The Labute approximate surface area is 208 Å². The number of aromatic nitrogens is 3. The molecule has 0 aliphatic rings. The van der Waals surface area contributed by atoms with Crippen LogP contribution in [0.5, 0.6) is 0 Å². The lowest BCUT2D eigenvalue weighted by Gasteiger charge is -2.25. The molecular weight excluding hydrogens is 500 g/mol. The van der Waals surface area contributed by atoms with Crippen LogP contribution in [0, 0.1) is 20.9 Å². The number of halogens is 1. The third-order valence-electron chi connectivity index (χ3n) is 4.53. The molecule has 1 amide bonds. The van der Waals surface area contributed by atoms with Crippen molar-refractivity contribution in [3.05, 3.63) is 68.7 Å². The van der Waals surface area contributed by atoms with E-state index in [1.807, 2.05) is 0 Å². The van der Waals surface area contributed by atoms with Crippen molar-refractivity contribution in [1.82, 2.24) is 14.8 Å². The number of allylic oxidation sites excluding steroid dienone is 1. The summed E-state index contributed by atoms with van der Waals surface area (Å²) in [4.78, 5) is 25.4. The number of nitriles is 1. The normalized spacial score (nSPS) is 11.0. The predicted octanol–water partition coefficient (Wildman–Crippen LogP) is 4.20. The highest BCUT2D eigenvalue weighted by molar-refractivity contribution is 7.72. The minimum atomic E-state index is -1.20. The van der Waals surface area contributed by atoms with E-state index in [0.717, 1.165) is 6.08 Å². The summed E-state index contributed by atoms with van der Waals surface area (Å²) in [5.74, 6) is -2.10. The lowest BCUT2D eigenvalue weighted by molar-refractivity contribution is -0.135. The molecule has 5 N–H and O–H groups in total. The quantitative estimate of drug-likeness (QED) is 0.170. The number of aromatic amines is 2. The molecule has 0 atom stereocenters. The van der Waals surface area contributed by atoms with Crippen LogP contribution >= 0.6 is 36.0 Å². The summed E-state index contributed by atoms with van der Waals surface area (Å²) in [6, 6.07) is 12.7. The number of carboxylic acids is 1. The van der Waals surface area contributed by atoms with E-state index in [1.165, 1.54) is 23.1 Å². The highest BCUT2D eigenvalue weighted by Gasteiger charge is 2.20. The number of carbonyl (C=O) groups excluding carboxylic acids is 1. The van der Waals surface area contributed by atoms with E-state index in [2.05, 4.69) is 15.5 Å². The van der Waals surface area contributed by atoms with Gasteiger partial charge in [-0.2, -0.15) is 5.26 Å². The molecule has 3 rings (SSSR count).